The van der Waals surface area contributed by atoms with Crippen LogP contribution in [0.15, 0.2) is 46.6 Å². The minimum Gasteiger partial charge on any atom is -1.00 e. The molecule has 0 atom stereocenters. The third-order valence-electron chi connectivity index (χ3n) is 3.46. The van der Waals surface area contributed by atoms with E-state index in [2.05, 4.69) is 0 Å². The van der Waals surface area contributed by atoms with E-state index >= 15 is 0 Å². The molecule has 0 aliphatic carbocycles. The molecule has 0 bridgehead atoms. The van der Waals surface area contributed by atoms with E-state index in [0.29, 0.717) is 17.6 Å². The molecule has 0 N–H and O–H groups in total. The predicted molar refractivity (Wildman–Crippen MR) is 77.8 cm³/mol. The first-order chi connectivity index (χ1) is 10.1. The minimum atomic E-state index is -2.80. The van der Waals surface area contributed by atoms with Crippen molar-refractivity contribution in [1.29, 1.82) is 0 Å². The van der Waals surface area contributed by atoms with E-state index in [4.69, 9.17) is 0 Å². The molecule has 0 amide bonds. The summed E-state index contributed by atoms with van der Waals surface area (Å²) in [6, 6.07) is 10.9. The van der Waals surface area contributed by atoms with Crippen molar-refractivity contribution in [2.45, 2.75) is 13.0 Å². The number of aromatic nitrogens is 2. The zero-order chi connectivity index (χ0) is 15.0. The molecule has 3 rings (SSSR count). The molecule has 0 aliphatic rings. The van der Waals surface area contributed by atoms with Crippen LogP contribution in [0.4, 0.5) is 8.78 Å². The number of hydrogen-bond donors (Lipinski definition) is 0. The number of benzene rings is 1. The Morgan fingerprint density at radius 3 is 2.59 bits per heavy atom. The van der Waals surface area contributed by atoms with Crippen molar-refractivity contribution in [2.24, 2.45) is 7.05 Å². The maximum absolute atomic E-state index is 13.2. The van der Waals surface area contributed by atoms with Gasteiger partial charge in [0, 0.05) is 10.9 Å². The second-order valence-corrected chi connectivity index (χ2v) is 5.74. The average Bonchev–Trinajstić information content (AvgIpc) is 2.96. The van der Waals surface area contributed by atoms with Crippen LogP contribution in [0.25, 0.3) is 11.0 Å². The molecule has 2 heterocycles. The molecule has 3 nitrogen and oxygen atoms in total. The van der Waals surface area contributed by atoms with Gasteiger partial charge in [0.15, 0.2) is 0 Å². The Bertz CT molecular complexity index is 847. The summed E-state index contributed by atoms with van der Waals surface area (Å²) in [5.74, 6) is 0. The maximum atomic E-state index is 13.2. The summed E-state index contributed by atoms with van der Waals surface area (Å²) in [6.07, 6.45) is -2.80. The Hall–Kier alpha value is -1.60. The van der Waals surface area contributed by atoms with Gasteiger partial charge in [0.25, 0.3) is 0 Å². The number of fused-ring (bicyclic) bond motifs is 1. The van der Waals surface area contributed by atoms with Crippen molar-refractivity contribution in [3.05, 3.63) is 62.7 Å². The Morgan fingerprint density at radius 1 is 1.23 bits per heavy atom. The summed E-state index contributed by atoms with van der Waals surface area (Å²) in [6.45, 7) is 0.303. The quantitative estimate of drug-likeness (QED) is 0.576. The van der Waals surface area contributed by atoms with Gasteiger partial charge in [-0.1, -0.05) is 18.2 Å². The second kappa shape index (κ2) is 6.66. The molecule has 7 heteroatoms. The molecule has 22 heavy (non-hydrogen) atoms. The van der Waals surface area contributed by atoms with Crippen LogP contribution < -0.4 is 27.1 Å². The molecule has 3 aromatic rings. The van der Waals surface area contributed by atoms with Crippen LogP contribution in [0, 0.1) is 0 Å². The highest BCUT2D eigenvalue weighted by Crippen LogP contribution is 2.17. The zero-order valence-corrected chi connectivity index (χ0v) is 14.1. The van der Waals surface area contributed by atoms with Gasteiger partial charge < -0.3 is 17.0 Å². The second-order valence-electron chi connectivity index (χ2n) is 4.70. The van der Waals surface area contributed by atoms with Crippen LogP contribution in [-0.4, -0.2) is 4.57 Å². The molecule has 2 aromatic heterocycles. The van der Waals surface area contributed by atoms with Crippen LogP contribution in [0.3, 0.4) is 0 Å². The molecule has 0 saturated heterocycles. The molecular formula is C15H13BrF2N2OS. The average molecular weight is 387 g/mol. The maximum Gasteiger partial charge on any atom is 0.326 e. The summed E-state index contributed by atoms with van der Waals surface area (Å²) in [5, 5.41) is 1.90. The third-order valence-corrected chi connectivity index (χ3v) is 4.32. The van der Waals surface area contributed by atoms with Crippen molar-refractivity contribution in [3.8, 4) is 0 Å². The number of aryl methyl sites for hydroxylation is 1. The van der Waals surface area contributed by atoms with E-state index in [9.17, 15) is 13.6 Å². The number of halogens is 3. The molecule has 0 aliphatic heterocycles. The van der Waals surface area contributed by atoms with E-state index in [0.717, 1.165) is 4.88 Å². The molecule has 1 aromatic carbocycles. The smallest absolute Gasteiger partial charge is 0.326 e. The SMILES string of the molecule is C[n+]1c(C(F)F)c(=O)n(Cc2cccs2)c2ccccc21.[Br-]. The number of nitrogens with zero attached hydrogens (tertiary/aromatic N) is 2. The van der Waals surface area contributed by atoms with Gasteiger partial charge in [0.2, 0.25) is 5.52 Å². The molecule has 0 spiro atoms. The van der Waals surface area contributed by atoms with E-state index in [1.807, 2.05) is 17.5 Å². The third kappa shape index (κ3) is 2.83. The number of hydrogen-bond acceptors (Lipinski definition) is 2. The standard InChI is InChI=1S/C15H13F2N2OS.BrH/c1-18-11-6-2-3-7-12(11)19(9-10-5-4-8-21-10)15(20)13(18)14(16)17;/h2-8,14H,9H2,1H3;1H/q+1;/p-1. The molecular weight excluding hydrogens is 374 g/mol. The van der Waals surface area contributed by atoms with Crippen LogP contribution in [0.1, 0.15) is 17.0 Å². The van der Waals surface area contributed by atoms with Gasteiger partial charge in [0.1, 0.15) is 12.6 Å². The van der Waals surface area contributed by atoms with Crippen molar-refractivity contribution >= 4 is 22.4 Å². The lowest BCUT2D eigenvalue weighted by Gasteiger charge is -2.10. The first-order valence-electron chi connectivity index (χ1n) is 6.41. The fourth-order valence-electron chi connectivity index (χ4n) is 2.45. The molecule has 0 unspecified atom stereocenters. The fraction of sp³-hybridized carbons (Fsp3) is 0.200. The highest BCUT2D eigenvalue weighted by Gasteiger charge is 2.28. The van der Waals surface area contributed by atoms with Crippen LogP contribution in [-0.2, 0) is 13.6 Å². The topological polar surface area (TPSA) is 25.9 Å². The van der Waals surface area contributed by atoms with E-state index < -0.39 is 17.7 Å². The van der Waals surface area contributed by atoms with Gasteiger partial charge in [-0.15, -0.1) is 11.3 Å². The normalized spacial score (nSPS) is 10.9. The van der Waals surface area contributed by atoms with E-state index in [-0.39, 0.29) is 17.0 Å². The highest BCUT2D eigenvalue weighted by molar-refractivity contribution is 7.09. The number of alkyl halides is 2. The largest absolute Gasteiger partial charge is 1.00 e. The lowest BCUT2D eigenvalue weighted by atomic mass is 10.2. The molecule has 0 radical (unpaired) electrons. The highest BCUT2D eigenvalue weighted by atomic mass is 79.9. The Labute approximate surface area is 140 Å². The molecule has 0 saturated carbocycles. The predicted octanol–water partition coefficient (Wildman–Crippen LogP) is -0.123. The number of thiophene rings is 1. The first-order valence-corrected chi connectivity index (χ1v) is 7.29. The summed E-state index contributed by atoms with van der Waals surface area (Å²) in [7, 11) is 1.50. The Morgan fingerprint density at radius 2 is 1.95 bits per heavy atom. The van der Waals surface area contributed by atoms with Gasteiger partial charge >= 0.3 is 17.7 Å². The van der Waals surface area contributed by atoms with Gasteiger partial charge in [-0.3, -0.25) is 9.36 Å². The Balaban J connectivity index is 0.00000176. The lowest BCUT2D eigenvalue weighted by Crippen LogP contribution is -3.00. The minimum absolute atomic E-state index is 0. The first kappa shape index (κ1) is 16.8. The van der Waals surface area contributed by atoms with Crippen LogP contribution >= 0.6 is 11.3 Å². The van der Waals surface area contributed by atoms with Crippen molar-refractivity contribution in [2.75, 3.05) is 0 Å². The van der Waals surface area contributed by atoms with Gasteiger partial charge in [-0.25, -0.2) is 0 Å². The molecule has 0 fully saturated rings. The van der Waals surface area contributed by atoms with Gasteiger partial charge in [-0.05, 0) is 17.5 Å². The van der Waals surface area contributed by atoms with E-state index in [1.165, 1.54) is 27.5 Å². The van der Waals surface area contributed by atoms with Crippen molar-refractivity contribution < 1.29 is 30.3 Å². The van der Waals surface area contributed by atoms with Crippen molar-refractivity contribution in [1.82, 2.24) is 4.57 Å². The van der Waals surface area contributed by atoms with Crippen molar-refractivity contribution in [3.63, 3.8) is 0 Å². The van der Waals surface area contributed by atoms with Crippen LogP contribution in [0.2, 0.25) is 0 Å². The summed E-state index contributed by atoms with van der Waals surface area (Å²) in [4.78, 5) is 13.4. The Kier molecular flexibility index (Phi) is 5.08. The van der Waals surface area contributed by atoms with Crippen LogP contribution in [0.5, 0.6) is 0 Å². The molecule has 116 valence electrons. The fourth-order valence-corrected chi connectivity index (χ4v) is 3.14. The number of para-hydroxylation sites is 2. The van der Waals surface area contributed by atoms with Gasteiger partial charge in [-0.2, -0.15) is 13.3 Å². The summed E-state index contributed by atoms with van der Waals surface area (Å²) >= 11 is 1.50. The van der Waals surface area contributed by atoms with Gasteiger partial charge in [0.05, 0.1) is 6.54 Å². The summed E-state index contributed by atoms with van der Waals surface area (Å²) in [5.41, 5.74) is 0.150. The lowest BCUT2D eigenvalue weighted by molar-refractivity contribution is -0.659. The van der Waals surface area contributed by atoms with E-state index in [1.54, 1.807) is 24.3 Å². The number of rotatable bonds is 3. The summed E-state index contributed by atoms with van der Waals surface area (Å²) < 4.78 is 29.2. The monoisotopic (exact) mass is 386 g/mol. The zero-order valence-electron chi connectivity index (χ0n) is 11.7.